The van der Waals surface area contributed by atoms with Crippen LogP contribution in [-0.4, -0.2) is 22.6 Å². The minimum Gasteiger partial charge on any atom is -0.494 e. The normalized spacial score (nSPS) is 10.7. The molecule has 33 heavy (non-hydrogen) atoms. The molecule has 6 nitrogen and oxygen atoms in total. The molecule has 0 bridgehead atoms. The third-order valence-electron chi connectivity index (χ3n) is 5.14. The first-order chi connectivity index (χ1) is 16.0. The van der Waals surface area contributed by atoms with Crippen LogP contribution in [0.15, 0.2) is 71.1 Å². The van der Waals surface area contributed by atoms with Crippen LogP contribution in [0.25, 0.3) is 22.6 Å². The maximum atomic E-state index is 12.6. The van der Waals surface area contributed by atoms with E-state index >= 15 is 0 Å². The van der Waals surface area contributed by atoms with Gasteiger partial charge in [-0.2, -0.15) is 0 Å². The van der Waals surface area contributed by atoms with Crippen LogP contribution < -0.4 is 15.4 Å². The summed E-state index contributed by atoms with van der Waals surface area (Å²) in [7, 11) is 0. The molecule has 168 valence electrons. The van der Waals surface area contributed by atoms with Crippen molar-refractivity contribution in [1.82, 2.24) is 10.3 Å². The van der Waals surface area contributed by atoms with E-state index in [2.05, 4.69) is 22.5 Å². The molecule has 0 saturated carbocycles. The number of oxazole rings is 1. The Bertz CT molecular complexity index is 1250. The number of hydrogen-bond acceptors (Lipinski definition) is 5. The molecule has 4 rings (SSSR count). The standard InChI is InChI=1S/C26H25N3O3S/c1-3-4-15-31-20-13-11-18(12-14-20)24(30)29-26(33)28-22-16-19(10-9-17(22)2)25-27-21-7-5-6-8-23(21)32-25/h5-14,16H,3-4,15H2,1-2H3,(H2,28,29,30,33). The summed E-state index contributed by atoms with van der Waals surface area (Å²) in [6.07, 6.45) is 2.07. The van der Waals surface area contributed by atoms with E-state index in [9.17, 15) is 4.79 Å². The Kier molecular flexibility index (Phi) is 7.00. The Balaban J connectivity index is 1.41. The van der Waals surface area contributed by atoms with Gasteiger partial charge in [0, 0.05) is 16.8 Å². The molecule has 0 fully saturated rings. The van der Waals surface area contributed by atoms with E-state index in [0.29, 0.717) is 18.1 Å². The zero-order chi connectivity index (χ0) is 23.2. The molecule has 4 aromatic rings. The summed E-state index contributed by atoms with van der Waals surface area (Å²) in [5.74, 6) is 0.975. The SMILES string of the molecule is CCCCOc1ccc(C(=O)NC(=S)Nc2cc(-c3nc4ccccc4o3)ccc2C)cc1. The van der Waals surface area contributed by atoms with Gasteiger partial charge in [-0.3, -0.25) is 10.1 Å². The van der Waals surface area contributed by atoms with Crippen molar-refractivity contribution in [2.75, 3.05) is 11.9 Å². The van der Waals surface area contributed by atoms with E-state index in [1.54, 1.807) is 24.3 Å². The molecule has 0 aliphatic heterocycles. The Morgan fingerprint density at radius 1 is 1.09 bits per heavy atom. The number of nitrogens with one attached hydrogen (secondary N) is 2. The summed E-state index contributed by atoms with van der Waals surface area (Å²) in [4.78, 5) is 17.1. The summed E-state index contributed by atoms with van der Waals surface area (Å²) >= 11 is 5.37. The zero-order valence-corrected chi connectivity index (χ0v) is 19.4. The van der Waals surface area contributed by atoms with Crippen LogP contribution in [0.4, 0.5) is 5.69 Å². The van der Waals surface area contributed by atoms with Crippen LogP contribution >= 0.6 is 12.2 Å². The number of aromatic nitrogens is 1. The third kappa shape index (κ3) is 5.56. The van der Waals surface area contributed by atoms with Gasteiger partial charge in [0.1, 0.15) is 11.3 Å². The highest BCUT2D eigenvalue weighted by Crippen LogP contribution is 2.28. The fourth-order valence-electron chi connectivity index (χ4n) is 3.25. The summed E-state index contributed by atoms with van der Waals surface area (Å²) in [5, 5.41) is 6.04. The van der Waals surface area contributed by atoms with Crippen LogP contribution in [-0.2, 0) is 0 Å². The largest absolute Gasteiger partial charge is 0.494 e. The lowest BCUT2D eigenvalue weighted by Crippen LogP contribution is -2.34. The van der Waals surface area contributed by atoms with Crippen LogP contribution in [0.1, 0.15) is 35.7 Å². The predicted molar refractivity (Wildman–Crippen MR) is 135 cm³/mol. The van der Waals surface area contributed by atoms with Gasteiger partial charge in [-0.05, 0) is 79.7 Å². The van der Waals surface area contributed by atoms with Crippen LogP contribution in [0.5, 0.6) is 5.75 Å². The van der Waals surface area contributed by atoms with Crippen molar-refractivity contribution >= 4 is 40.0 Å². The number of thiocarbonyl (C=S) groups is 1. The van der Waals surface area contributed by atoms with Crippen molar-refractivity contribution in [2.45, 2.75) is 26.7 Å². The number of benzene rings is 3. The van der Waals surface area contributed by atoms with Crippen molar-refractivity contribution < 1.29 is 13.9 Å². The van der Waals surface area contributed by atoms with Crippen molar-refractivity contribution in [2.24, 2.45) is 0 Å². The second kappa shape index (κ2) is 10.3. The molecule has 2 N–H and O–H groups in total. The average Bonchev–Trinajstić information content (AvgIpc) is 3.25. The smallest absolute Gasteiger partial charge is 0.257 e. The van der Waals surface area contributed by atoms with Crippen molar-refractivity contribution in [3.8, 4) is 17.2 Å². The second-order valence-corrected chi connectivity index (χ2v) is 8.06. The highest BCUT2D eigenvalue weighted by molar-refractivity contribution is 7.80. The lowest BCUT2D eigenvalue weighted by atomic mass is 10.1. The molecule has 0 aliphatic rings. The Hall–Kier alpha value is -3.71. The summed E-state index contributed by atoms with van der Waals surface area (Å²) < 4.78 is 11.5. The number of unbranched alkanes of at least 4 members (excludes halogenated alkanes) is 1. The van der Waals surface area contributed by atoms with Gasteiger partial charge in [0.15, 0.2) is 10.7 Å². The number of carbonyl (C=O) groups excluding carboxylic acids is 1. The fourth-order valence-corrected chi connectivity index (χ4v) is 3.45. The molecule has 0 atom stereocenters. The number of hydrogen-bond donors (Lipinski definition) is 2. The highest BCUT2D eigenvalue weighted by Gasteiger charge is 2.12. The first kappa shape index (κ1) is 22.5. The lowest BCUT2D eigenvalue weighted by molar-refractivity contribution is 0.0977. The minimum absolute atomic E-state index is 0.209. The number of fused-ring (bicyclic) bond motifs is 1. The molecular weight excluding hydrogens is 434 g/mol. The quantitative estimate of drug-likeness (QED) is 0.257. The molecular formula is C26H25N3O3S. The molecule has 0 aliphatic carbocycles. The van der Waals surface area contributed by atoms with Gasteiger partial charge in [0.25, 0.3) is 5.91 Å². The average molecular weight is 460 g/mol. The van der Waals surface area contributed by atoms with E-state index in [0.717, 1.165) is 46.5 Å². The Morgan fingerprint density at radius 2 is 1.88 bits per heavy atom. The molecule has 1 heterocycles. The number of carbonyl (C=O) groups is 1. The molecule has 0 radical (unpaired) electrons. The molecule has 7 heteroatoms. The van der Waals surface area contributed by atoms with Gasteiger partial charge in [0.05, 0.1) is 6.61 Å². The fraction of sp³-hybridized carbons (Fsp3) is 0.192. The highest BCUT2D eigenvalue weighted by atomic mass is 32.1. The summed E-state index contributed by atoms with van der Waals surface area (Å²) in [6, 6.07) is 20.4. The van der Waals surface area contributed by atoms with E-state index in [-0.39, 0.29) is 11.0 Å². The van der Waals surface area contributed by atoms with Gasteiger partial charge in [-0.1, -0.05) is 31.5 Å². The molecule has 3 aromatic carbocycles. The predicted octanol–water partition coefficient (Wildman–Crippen LogP) is 6.11. The van der Waals surface area contributed by atoms with Gasteiger partial charge in [-0.15, -0.1) is 0 Å². The number of anilines is 1. The first-order valence-corrected chi connectivity index (χ1v) is 11.3. The number of aryl methyl sites for hydroxylation is 1. The number of amides is 1. The molecule has 0 spiro atoms. The maximum absolute atomic E-state index is 12.6. The van der Waals surface area contributed by atoms with E-state index in [1.807, 2.05) is 49.4 Å². The second-order valence-electron chi connectivity index (χ2n) is 7.65. The molecule has 0 unspecified atom stereocenters. The van der Waals surface area contributed by atoms with E-state index in [4.69, 9.17) is 21.4 Å². The lowest BCUT2D eigenvalue weighted by Gasteiger charge is -2.13. The monoisotopic (exact) mass is 459 g/mol. The minimum atomic E-state index is -0.291. The van der Waals surface area contributed by atoms with Gasteiger partial charge >= 0.3 is 0 Å². The van der Waals surface area contributed by atoms with Gasteiger partial charge < -0.3 is 14.5 Å². The molecule has 0 saturated heterocycles. The first-order valence-electron chi connectivity index (χ1n) is 10.9. The molecule has 1 aromatic heterocycles. The van der Waals surface area contributed by atoms with Gasteiger partial charge in [0.2, 0.25) is 5.89 Å². The van der Waals surface area contributed by atoms with E-state index in [1.165, 1.54) is 0 Å². The number of para-hydroxylation sites is 2. The molecule has 1 amide bonds. The zero-order valence-electron chi connectivity index (χ0n) is 18.6. The Morgan fingerprint density at radius 3 is 2.64 bits per heavy atom. The van der Waals surface area contributed by atoms with Crippen LogP contribution in [0, 0.1) is 6.92 Å². The topological polar surface area (TPSA) is 76.4 Å². The van der Waals surface area contributed by atoms with Gasteiger partial charge in [-0.25, -0.2) is 4.98 Å². The van der Waals surface area contributed by atoms with Crippen LogP contribution in [0.3, 0.4) is 0 Å². The van der Waals surface area contributed by atoms with Crippen LogP contribution in [0.2, 0.25) is 0 Å². The van der Waals surface area contributed by atoms with Crippen molar-refractivity contribution in [1.29, 1.82) is 0 Å². The number of rotatable bonds is 7. The summed E-state index contributed by atoms with van der Waals surface area (Å²) in [5.41, 5.74) is 4.57. The maximum Gasteiger partial charge on any atom is 0.257 e. The Labute approximate surface area is 198 Å². The number of nitrogens with zero attached hydrogens (tertiary/aromatic N) is 1. The van der Waals surface area contributed by atoms with Crippen molar-refractivity contribution in [3.63, 3.8) is 0 Å². The third-order valence-corrected chi connectivity index (χ3v) is 5.34. The van der Waals surface area contributed by atoms with Crippen molar-refractivity contribution in [3.05, 3.63) is 77.9 Å². The number of ether oxygens (including phenoxy) is 1. The van der Waals surface area contributed by atoms with E-state index < -0.39 is 0 Å². The summed E-state index contributed by atoms with van der Waals surface area (Å²) in [6.45, 7) is 4.74.